The summed E-state index contributed by atoms with van der Waals surface area (Å²) >= 11 is 1.65. The fourth-order valence-corrected chi connectivity index (χ4v) is 2.96. The molecule has 0 aliphatic carbocycles. The molecule has 0 amide bonds. The molecule has 1 aliphatic rings. The van der Waals surface area contributed by atoms with Crippen molar-refractivity contribution in [3.05, 3.63) is 59.4 Å². The van der Waals surface area contributed by atoms with E-state index in [-0.39, 0.29) is 5.82 Å². The quantitative estimate of drug-likeness (QED) is 0.840. The van der Waals surface area contributed by atoms with Crippen LogP contribution < -0.4 is 4.90 Å². The van der Waals surface area contributed by atoms with Crippen molar-refractivity contribution >= 4 is 23.3 Å². The van der Waals surface area contributed by atoms with Gasteiger partial charge in [0.2, 0.25) is 0 Å². The third kappa shape index (κ3) is 2.02. The van der Waals surface area contributed by atoms with Gasteiger partial charge in [-0.1, -0.05) is 18.2 Å². The van der Waals surface area contributed by atoms with E-state index in [1.807, 2.05) is 35.4 Å². The van der Waals surface area contributed by atoms with E-state index in [9.17, 15) is 4.39 Å². The topological polar surface area (TPSA) is 27.1 Å². The number of thioether (sulfide) groups is 1. The molecule has 0 fully saturated rings. The second-order valence-electron chi connectivity index (χ2n) is 4.41. The Morgan fingerprint density at radius 2 is 2.00 bits per heavy atom. The summed E-state index contributed by atoms with van der Waals surface area (Å²) in [6.07, 6.45) is 2.02. The number of para-hydroxylation sites is 1. The Balaban J connectivity index is 2.04. The Labute approximate surface area is 115 Å². The molecule has 1 aliphatic heterocycles. The van der Waals surface area contributed by atoms with Gasteiger partial charge in [0, 0.05) is 10.5 Å². The highest BCUT2D eigenvalue weighted by molar-refractivity contribution is 7.98. The third-order valence-corrected chi connectivity index (χ3v) is 4.09. The van der Waals surface area contributed by atoms with Crippen LogP contribution in [0, 0.1) is 11.2 Å². The summed E-state index contributed by atoms with van der Waals surface area (Å²) in [5.41, 5.74) is 2.70. The molecule has 2 nitrogen and oxygen atoms in total. The first kappa shape index (κ1) is 12.2. The average molecular weight is 272 g/mol. The summed E-state index contributed by atoms with van der Waals surface area (Å²) in [5.74, 6) is 0.0829. The van der Waals surface area contributed by atoms with E-state index in [1.165, 1.54) is 12.1 Å². The zero-order chi connectivity index (χ0) is 13.4. The Bertz CT molecular complexity index is 654. The van der Waals surface area contributed by atoms with Crippen molar-refractivity contribution in [2.75, 3.05) is 11.2 Å². The Kier molecular flexibility index (Phi) is 3.03. The number of hydrogen-bond donors (Lipinski definition) is 1. The van der Waals surface area contributed by atoms with Gasteiger partial charge in [-0.25, -0.2) is 4.39 Å². The van der Waals surface area contributed by atoms with Gasteiger partial charge in [-0.3, -0.25) is 5.41 Å². The van der Waals surface area contributed by atoms with Gasteiger partial charge in [-0.15, -0.1) is 11.8 Å². The molecule has 0 aromatic heterocycles. The average Bonchev–Trinajstić information content (AvgIpc) is 2.76. The molecule has 0 saturated carbocycles. The van der Waals surface area contributed by atoms with Crippen LogP contribution in [0.1, 0.15) is 11.1 Å². The van der Waals surface area contributed by atoms with E-state index in [0.717, 1.165) is 16.1 Å². The Morgan fingerprint density at radius 3 is 2.79 bits per heavy atom. The van der Waals surface area contributed by atoms with Gasteiger partial charge in [0.15, 0.2) is 0 Å². The van der Waals surface area contributed by atoms with E-state index in [0.29, 0.717) is 17.9 Å². The van der Waals surface area contributed by atoms with Crippen LogP contribution in [0.5, 0.6) is 0 Å². The van der Waals surface area contributed by atoms with Crippen molar-refractivity contribution in [1.29, 1.82) is 5.41 Å². The first-order valence-electron chi connectivity index (χ1n) is 5.98. The van der Waals surface area contributed by atoms with Crippen LogP contribution >= 0.6 is 11.8 Å². The molecular weight excluding hydrogens is 259 g/mol. The number of anilines is 1. The molecular formula is C15H13FN2S. The minimum absolute atomic E-state index is 0.288. The number of fused-ring (bicyclic) bond motifs is 1. The molecule has 4 heteroatoms. The van der Waals surface area contributed by atoms with Crippen molar-refractivity contribution in [2.24, 2.45) is 0 Å². The van der Waals surface area contributed by atoms with E-state index in [1.54, 1.807) is 17.8 Å². The molecule has 0 atom stereocenters. The van der Waals surface area contributed by atoms with Crippen molar-refractivity contribution in [3.63, 3.8) is 0 Å². The smallest absolute Gasteiger partial charge is 0.133 e. The van der Waals surface area contributed by atoms with Crippen LogP contribution in [0.2, 0.25) is 0 Å². The SMILES string of the molecule is CSc1ccccc1N1Cc2ccc(F)cc2C1=N. The molecule has 0 radical (unpaired) electrons. The molecule has 0 unspecified atom stereocenters. The monoisotopic (exact) mass is 272 g/mol. The highest BCUT2D eigenvalue weighted by Gasteiger charge is 2.26. The maximum Gasteiger partial charge on any atom is 0.133 e. The van der Waals surface area contributed by atoms with Crippen LogP contribution in [-0.4, -0.2) is 12.1 Å². The van der Waals surface area contributed by atoms with Gasteiger partial charge in [0.05, 0.1) is 12.2 Å². The molecule has 0 saturated heterocycles. The van der Waals surface area contributed by atoms with Gasteiger partial charge in [-0.2, -0.15) is 0 Å². The summed E-state index contributed by atoms with van der Waals surface area (Å²) < 4.78 is 13.3. The number of benzene rings is 2. The lowest BCUT2D eigenvalue weighted by Crippen LogP contribution is -2.23. The van der Waals surface area contributed by atoms with Gasteiger partial charge >= 0.3 is 0 Å². The van der Waals surface area contributed by atoms with E-state index >= 15 is 0 Å². The highest BCUT2D eigenvalue weighted by atomic mass is 32.2. The lowest BCUT2D eigenvalue weighted by Gasteiger charge is -2.20. The Morgan fingerprint density at radius 1 is 1.21 bits per heavy atom. The first-order valence-corrected chi connectivity index (χ1v) is 7.21. The number of nitrogens with one attached hydrogen (secondary N) is 1. The van der Waals surface area contributed by atoms with Crippen molar-refractivity contribution < 1.29 is 4.39 Å². The summed E-state index contributed by atoms with van der Waals surface area (Å²) in [7, 11) is 0. The van der Waals surface area contributed by atoms with E-state index < -0.39 is 0 Å². The number of halogens is 1. The van der Waals surface area contributed by atoms with Gasteiger partial charge < -0.3 is 4.90 Å². The molecule has 19 heavy (non-hydrogen) atoms. The van der Waals surface area contributed by atoms with Crippen LogP contribution in [0.25, 0.3) is 0 Å². The van der Waals surface area contributed by atoms with Gasteiger partial charge in [0.1, 0.15) is 11.7 Å². The number of hydrogen-bond acceptors (Lipinski definition) is 2. The number of nitrogens with zero attached hydrogens (tertiary/aromatic N) is 1. The lowest BCUT2D eigenvalue weighted by atomic mass is 10.1. The summed E-state index contributed by atoms with van der Waals surface area (Å²) in [4.78, 5) is 3.05. The number of amidine groups is 1. The third-order valence-electron chi connectivity index (χ3n) is 3.30. The lowest BCUT2D eigenvalue weighted by molar-refractivity contribution is 0.627. The zero-order valence-electron chi connectivity index (χ0n) is 10.5. The molecule has 3 rings (SSSR count). The first-order chi connectivity index (χ1) is 9.20. The molecule has 0 spiro atoms. The van der Waals surface area contributed by atoms with Crippen LogP contribution in [-0.2, 0) is 6.54 Å². The zero-order valence-corrected chi connectivity index (χ0v) is 11.3. The van der Waals surface area contributed by atoms with Gasteiger partial charge in [-0.05, 0) is 36.1 Å². The summed E-state index contributed by atoms with van der Waals surface area (Å²) in [6, 6.07) is 12.7. The summed E-state index contributed by atoms with van der Waals surface area (Å²) in [5, 5.41) is 8.24. The van der Waals surface area contributed by atoms with E-state index in [2.05, 4.69) is 0 Å². The highest BCUT2D eigenvalue weighted by Crippen LogP contribution is 2.34. The maximum absolute atomic E-state index is 13.3. The Hall–Kier alpha value is -1.81. The molecule has 1 heterocycles. The van der Waals surface area contributed by atoms with Crippen LogP contribution in [0.3, 0.4) is 0 Å². The fourth-order valence-electron chi connectivity index (χ4n) is 2.36. The van der Waals surface area contributed by atoms with Crippen LogP contribution in [0.4, 0.5) is 10.1 Å². The molecule has 96 valence electrons. The molecule has 0 bridgehead atoms. The second kappa shape index (κ2) is 4.70. The minimum atomic E-state index is -0.288. The largest absolute Gasteiger partial charge is 0.321 e. The maximum atomic E-state index is 13.3. The van der Waals surface area contributed by atoms with Gasteiger partial charge in [0.25, 0.3) is 0 Å². The van der Waals surface area contributed by atoms with Crippen LogP contribution in [0.15, 0.2) is 47.4 Å². The van der Waals surface area contributed by atoms with Crippen molar-refractivity contribution in [1.82, 2.24) is 0 Å². The molecule has 2 aromatic rings. The van der Waals surface area contributed by atoms with Crippen molar-refractivity contribution in [2.45, 2.75) is 11.4 Å². The van der Waals surface area contributed by atoms with E-state index in [4.69, 9.17) is 5.41 Å². The minimum Gasteiger partial charge on any atom is -0.321 e. The number of rotatable bonds is 2. The molecule has 1 N–H and O–H groups in total. The standard InChI is InChI=1S/C15H13FN2S/c1-19-14-5-3-2-4-13(14)18-9-10-6-7-11(16)8-12(10)15(18)17/h2-8,17H,9H2,1H3. The second-order valence-corrected chi connectivity index (χ2v) is 5.26. The molecule has 2 aromatic carbocycles. The normalized spacial score (nSPS) is 13.8. The van der Waals surface area contributed by atoms with Crippen molar-refractivity contribution in [3.8, 4) is 0 Å². The fraction of sp³-hybridized carbons (Fsp3) is 0.133. The predicted molar refractivity (Wildman–Crippen MR) is 77.6 cm³/mol. The predicted octanol–water partition coefficient (Wildman–Crippen LogP) is 3.89. The summed E-state index contributed by atoms with van der Waals surface area (Å²) in [6.45, 7) is 0.631.